The second-order valence-electron chi connectivity index (χ2n) is 7.11. The van der Waals surface area contributed by atoms with Gasteiger partial charge >= 0.3 is 6.03 Å². The van der Waals surface area contributed by atoms with Crippen molar-refractivity contribution in [2.75, 3.05) is 43.5 Å². The highest BCUT2D eigenvalue weighted by Gasteiger charge is 2.23. The molecule has 4 rings (SSSR count). The fourth-order valence-electron chi connectivity index (χ4n) is 3.49. The van der Waals surface area contributed by atoms with Gasteiger partial charge in [-0.15, -0.1) is 0 Å². The largest absolute Gasteiger partial charge is 0.478 e. The quantitative estimate of drug-likeness (QED) is 0.663. The fourth-order valence-corrected chi connectivity index (χ4v) is 3.49. The average molecular weight is 428 g/mol. The molecule has 1 aliphatic rings. The van der Waals surface area contributed by atoms with E-state index in [1.165, 1.54) is 7.11 Å². The highest BCUT2D eigenvalue weighted by Crippen LogP contribution is 2.25. The molecule has 0 spiro atoms. The smallest absolute Gasteiger partial charge is 0.323 e. The molecule has 0 aliphatic carbocycles. The van der Waals surface area contributed by atoms with Gasteiger partial charge in [0.2, 0.25) is 0 Å². The van der Waals surface area contributed by atoms with Crippen LogP contribution in [-0.2, 0) is 6.54 Å². The van der Waals surface area contributed by atoms with Gasteiger partial charge in [-0.1, -0.05) is 12.1 Å². The van der Waals surface area contributed by atoms with Gasteiger partial charge in [0, 0.05) is 50.5 Å². The number of piperazine rings is 1. The number of methoxy groups -OCH3 is 1. The Hall–Kier alpha value is -3.53. The van der Waals surface area contributed by atoms with Crippen molar-refractivity contribution in [3.63, 3.8) is 0 Å². The molecule has 1 saturated heterocycles. The first-order valence-electron chi connectivity index (χ1n) is 9.79. The first kappa shape index (κ1) is 20.7. The lowest BCUT2D eigenvalue weighted by Gasteiger charge is -2.36. The molecular formula is C21H22F2N6O2. The zero-order chi connectivity index (χ0) is 22.0. The highest BCUT2D eigenvalue weighted by atomic mass is 19.2. The van der Waals surface area contributed by atoms with Crippen molar-refractivity contribution in [3.8, 4) is 5.88 Å². The first-order chi connectivity index (χ1) is 15.0. The molecule has 1 aromatic heterocycles. The number of nitrogens with zero attached hydrogens (tertiary/aromatic N) is 4. The maximum absolute atomic E-state index is 13.6. The Morgan fingerprint density at radius 3 is 2.42 bits per heavy atom. The van der Waals surface area contributed by atoms with E-state index in [2.05, 4.69) is 20.2 Å². The summed E-state index contributed by atoms with van der Waals surface area (Å²) >= 11 is 0. The van der Waals surface area contributed by atoms with E-state index in [1.54, 1.807) is 4.90 Å². The maximum atomic E-state index is 13.6. The molecule has 1 fully saturated rings. The van der Waals surface area contributed by atoms with Crippen molar-refractivity contribution >= 4 is 28.6 Å². The summed E-state index contributed by atoms with van der Waals surface area (Å²) in [6.07, 6.45) is 0. The third kappa shape index (κ3) is 4.33. The number of aromatic nitrogens is 2. The van der Waals surface area contributed by atoms with E-state index >= 15 is 0 Å². The number of fused-ring (bicyclic) bond motifs is 1. The Bertz CT molecular complexity index is 1120. The summed E-state index contributed by atoms with van der Waals surface area (Å²) in [5.74, 6) is -2.01. The van der Waals surface area contributed by atoms with Gasteiger partial charge in [-0.3, -0.25) is 5.32 Å². The Balaban J connectivity index is 1.46. The first-order valence-corrected chi connectivity index (χ1v) is 9.79. The van der Waals surface area contributed by atoms with Crippen molar-refractivity contribution in [3.05, 3.63) is 53.6 Å². The van der Waals surface area contributed by atoms with Crippen molar-refractivity contribution in [1.82, 2.24) is 14.9 Å². The Labute approximate surface area is 177 Å². The van der Waals surface area contributed by atoms with Gasteiger partial charge in [-0.2, -0.15) is 0 Å². The zero-order valence-electron chi connectivity index (χ0n) is 16.9. The van der Waals surface area contributed by atoms with E-state index in [0.29, 0.717) is 32.7 Å². The number of anilines is 2. The van der Waals surface area contributed by atoms with Crippen LogP contribution in [-0.4, -0.2) is 54.2 Å². The van der Waals surface area contributed by atoms with E-state index < -0.39 is 11.6 Å². The number of nitrogens with two attached hydrogens (primary N) is 1. The molecule has 162 valence electrons. The maximum Gasteiger partial charge on any atom is 0.323 e. The van der Waals surface area contributed by atoms with Gasteiger partial charge in [-0.25, -0.2) is 23.5 Å². The molecule has 8 nitrogen and oxygen atoms in total. The van der Waals surface area contributed by atoms with Crippen LogP contribution >= 0.6 is 0 Å². The SMILES string of the molecule is COc1nc2cc(F)c(F)cc2nc1NC(=O)N1CCN(c2cccc(CN)c2)CC1. The summed E-state index contributed by atoms with van der Waals surface area (Å²) in [5.41, 5.74) is 8.08. The molecule has 1 aliphatic heterocycles. The van der Waals surface area contributed by atoms with Crippen molar-refractivity contribution in [2.45, 2.75) is 6.54 Å². The van der Waals surface area contributed by atoms with Crippen LogP contribution < -0.4 is 20.7 Å². The van der Waals surface area contributed by atoms with Crippen LogP contribution in [0.4, 0.5) is 25.1 Å². The zero-order valence-corrected chi connectivity index (χ0v) is 16.9. The van der Waals surface area contributed by atoms with Gasteiger partial charge in [-0.05, 0) is 17.7 Å². The number of nitrogens with one attached hydrogen (secondary N) is 1. The van der Waals surface area contributed by atoms with Crippen molar-refractivity contribution in [2.24, 2.45) is 5.73 Å². The predicted molar refractivity (Wildman–Crippen MR) is 113 cm³/mol. The lowest BCUT2D eigenvalue weighted by molar-refractivity contribution is 0.208. The van der Waals surface area contributed by atoms with Gasteiger partial charge < -0.3 is 20.3 Å². The lowest BCUT2D eigenvalue weighted by Crippen LogP contribution is -2.50. The molecule has 3 aromatic rings. The average Bonchev–Trinajstić information content (AvgIpc) is 2.80. The minimum absolute atomic E-state index is 0.0177. The van der Waals surface area contributed by atoms with Crippen LogP contribution in [0.2, 0.25) is 0 Å². The van der Waals surface area contributed by atoms with Gasteiger partial charge in [0.25, 0.3) is 5.88 Å². The molecule has 10 heteroatoms. The number of hydrogen-bond acceptors (Lipinski definition) is 6. The Kier molecular flexibility index (Phi) is 5.81. The second-order valence-corrected chi connectivity index (χ2v) is 7.11. The van der Waals surface area contributed by atoms with Gasteiger partial charge in [0.05, 0.1) is 18.1 Å². The fraction of sp³-hybridized carbons (Fsp3) is 0.286. The predicted octanol–water partition coefficient (Wildman–Crippen LogP) is 2.73. The number of benzene rings is 2. The summed E-state index contributed by atoms with van der Waals surface area (Å²) < 4.78 is 32.2. The molecule has 2 amide bonds. The van der Waals surface area contributed by atoms with E-state index in [4.69, 9.17) is 10.5 Å². The van der Waals surface area contributed by atoms with E-state index in [9.17, 15) is 13.6 Å². The standard InChI is InChI=1S/C21H22F2N6O2/c1-31-20-19(25-17-10-15(22)16(23)11-18(17)26-20)27-21(30)29-7-5-28(6-8-29)14-4-2-3-13(9-14)12-24/h2-4,9-11H,5-8,12,24H2,1H3,(H,25,27,30). The molecule has 0 bridgehead atoms. The summed E-state index contributed by atoms with van der Waals surface area (Å²) in [6.45, 7) is 2.80. The molecule has 0 atom stereocenters. The van der Waals surface area contributed by atoms with E-state index in [1.807, 2.05) is 24.3 Å². The Morgan fingerprint density at radius 1 is 1.10 bits per heavy atom. The number of urea groups is 1. The molecule has 0 radical (unpaired) electrons. The molecule has 0 saturated carbocycles. The molecule has 3 N–H and O–H groups in total. The molecule has 2 aromatic carbocycles. The molecule has 2 heterocycles. The summed E-state index contributed by atoms with van der Waals surface area (Å²) in [6, 6.07) is 9.51. The van der Waals surface area contributed by atoms with Gasteiger partial charge in [0.15, 0.2) is 17.5 Å². The lowest BCUT2D eigenvalue weighted by atomic mass is 10.1. The normalized spacial score (nSPS) is 14.1. The summed E-state index contributed by atoms with van der Waals surface area (Å²) in [7, 11) is 1.36. The second kappa shape index (κ2) is 8.68. The van der Waals surface area contributed by atoms with Crippen molar-refractivity contribution in [1.29, 1.82) is 0 Å². The van der Waals surface area contributed by atoms with Crippen LogP contribution in [0.3, 0.4) is 0 Å². The molecular weight excluding hydrogens is 406 g/mol. The number of rotatable bonds is 4. The molecule has 0 unspecified atom stereocenters. The minimum Gasteiger partial charge on any atom is -0.478 e. The van der Waals surface area contributed by atoms with Crippen LogP contribution in [0, 0.1) is 11.6 Å². The number of halogens is 2. The van der Waals surface area contributed by atoms with Crippen LogP contribution in [0.25, 0.3) is 11.0 Å². The van der Waals surface area contributed by atoms with Crippen LogP contribution in [0.5, 0.6) is 5.88 Å². The van der Waals surface area contributed by atoms with Crippen LogP contribution in [0.15, 0.2) is 36.4 Å². The minimum atomic E-state index is -1.04. The third-order valence-corrected chi connectivity index (χ3v) is 5.17. The van der Waals surface area contributed by atoms with Crippen LogP contribution in [0.1, 0.15) is 5.56 Å². The van der Waals surface area contributed by atoms with Gasteiger partial charge in [0.1, 0.15) is 0 Å². The third-order valence-electron chi connectivity index (χ3n) is 5.17. The molecule has 31 heavy (non-hydrogen) atoms. The number of ether oxygens (including phenoxy) is 1. The van der Waals surface area contributed by atoms with E-state index in [0.717, 1.165) is 23.4 Å². The number of carbonyl (C=O) groups is 1. The summed E-state index contributed by atoms with van der Waals surface area (Å²) in [4.78, 5) is 24.9. The topological polar surface area (TPSA) is 96.6 Å². The highest BCUT2D eigenvalue weighted by molar-refractivity contribution is 5.91. The van der Waals surface area contributed by atoms with E-state index in [-0.39, 0.29) is 28.8 Å². The van der Waals surface area contributed by atoms with Crippen molar-refractivity contribution < 1.29 is 18.3 Å². The Morgan fingerprint density at radius 2 is 1.77 bits per heavy atom. The summed E-state index contributed by atoms with van der Waals surface area (Å²) in [5, 5.41) is 2.67. The number of carbonyl (C=O) groups excluding carboxylic acids is 1. The number of amides is 2. The monoisotopic (exact) mass is 428 g/mol. The number of hydrogen-bond donors (Lipinski definition) is 2.